The van der Waals surface area contributed by atoms with Crippen LogP contribution in [0.2, 0.25) is 0 Å². The van der Waals surface area contributed by atoms with Crippen LogP contribution < -0.4 is 5.69 Å². The largest absolute Gasteiger partial charge is 0.363 e. The Bertz CT molecular complexity index is 484. The SMILES string of the molecule is O=c1[nH]ncn1N=Cc1cccnc1. The lowest BCUT2D eigenvalue weighted by molar-refractivity contribution is 0.834. The number of nitrogens with one attached hydrogen (secondary N) is 1. The monoisotopic (exact) mass is 189 g/mol. The van der Waals surface area contributed by atoms with Gasteiger partial charge in [0.05, 0.1) is 6.21 Å². The molecule has 2 heterocycles. The second-order valence-corrected chi connectivity index (χ2v) is 2.54. The Labute approximate surface area is 78.9 Å². The summed E-state index contributed by atoms with van der Waals surface area (Å²) in [5.41, 5.74) is 0.450. The Hall–Kier alpha value is -2.24. The standard InChI is InChI=1S/C8H7N5O/c14-8-12-10-6-13(8)11-5-7-2-1-3-9-4-7/h1-6H,(H,12,14). The third-order valence-corrected chi connectivity index (χ3v) is 1.55. The first-order valence-electron chi connectivity index (χ1n) is 3.93. The average molecular weight is 189 g/mol. The smallest absolute Gasteiger partial charge is 0.264 e. The topological polar surface area (TPSA) is 75.9 Å². The van der Waals surface area contributed by atoms with Crippen molar-refractivity contribution in [1.29, 1.82) is 0 Å². The van der Waals surface area contributed by atoms with Gasteiger partial charge in [-0.05, 0) is 6.07 Å². The lowest BCUT2D eigenvalue weighted by Gasteiger charge is -1.89. The highest BCUT2D eigenvalue weighted by Gasteiger charge is 1.91. The minimum Gasteiger partial charge on any atom is -0.264 e. The van der Waals surface area contributed by atoms with E-state index in [2.05, 4.69) is 20.3 Å². The summed E-state index contributed by atoms with van der Waals surface area (Å²) in [6, 6.07) is 3.63. The number of hydrogen-bond donors (Lipinski definition) is 1. The molecule has 0 aliphatic heterocycles. The molecule has 0 unspecified atom stereocenters. The first kappa shape index (κ1) is 8.36. The molecule has 0 aliphatic carbocycles. The highest BCUT2D eigenvalue weighted by molar-refractivity contribution is 5.78. The summed E-state index contributed by atoms with van der Waals surface area (Å²) in [5, 5.41) is 9.64. The maximum Gasteiger partial charge on any atom is 0.363 e. The Balaban J connectivity index is 2.24. The van der Waals surface area contributed by atoms with Crippen LogP contribution in [0.15, 0.2) is 40.7 Å². The van der Waals surface area contributed by atoms with E-state index in [0.717, 1.165) is 10.2 Å². The molecule has 0 saturated carbocycles. The predicted molar refractivity (Wildman–Crippen MR) is 50.1 cm³/mol. The Kier molecular flexibility index (Phi) is 2.18. The summed E-state index contributed by atoms with van der Waals surface area (Å²) in [5.74, 6) is 0. The van der Waals surface area contributed by atoms with Crippen LogP contribution >= 0.6 is 0 Å². The molecule has 0 bridgehead atoms. The molecule has 2 aromatic rings. The van der Waals surface area contributed by atoms with Crippen molar-refractivity contribution in [3.05, 3.63) is 46.9 Å². The van der Waals surface area contributed by atoms with Gasteiger partial charge < -0.3 is 0 Å². The summed E-state index contributed by atoms with van der Waals surface area (Å²) >= 11 is 0. The highest BCUT2D eigenvalue weighted by Crippen LogP contribution is 1.90. The highest BCUT2D eigenvalue weighted by atomic mass is 16.2. The number of pyridine rings is 1. The van der Waals surface area contributed by atoms with Crippen LogP contribution in [0.1, 0.15) is 5.56 Å². The van der Waals surface area contributed by atoms with Gasteiger partial charge >= 0.3 is 5.69 Å². The van der Waals surface area contributed by atoms with Crippen LogP contribution in [0.4, 0.5) is 0 Å². The summed E-state index contributed by atoms with van der Waals surface area (Å²) in [6.07, 6.45) is 6.15. The van der Waals surface area contributed by atoms with Crippen molar-refractivity contribution < 1.29 is 0 Å². The minimum absolute atomic E-state index is 0.370. The molecule has 0 radical (unpaired) electrons. The molecule has 0 amide bonds. The summed E-state index contributed by atoms with van der Waals surface area (Å²) < 4.78 is 1.10. The molecule has 6 heteroatoms. The average Bonchev–Trinajstić information content (AvgIpc) is 2.63. The van der Waals surface area contributed by atoms with Crippen molar-refractivity contribution >= 4 is 6.21 Å². The fraction of sp³-hybridized carbons (Fsp3) is 0. The number of aromatic amines is 1. The van der Waals surface area contributed by atoms with Crippen molar-refractivity contribution in [3.63, 3.8) is 0 Å². The van der Waals surface area contributed by atoms with Crippen molar-refractivity contribution in [2.75, 3.05) is 0 Å². The number of aromatic nitrogens is 4. The minimum atomic E-state index is -0.370. The third kappa shape index (κ3) is 1.74. The van der Waals surface area contributed by atoms with Gasteiger partial charge in [-0.15, -0.1) is 0 Å². The van der Waals surface area contributed by atoms with Crippen molar-refractivity contribution in [3.8, 4) is 0 Å². The van der Waals surface area contributed by atoms with E-state index < -0.39 is 0 Å². The number of nitrogens with zero attached hydrogens (tertiary/aromatic N) is 4. The van der Waals surface area contributed by atoms with Gasteiger partial charge in [-0.2, -0.15) is 14.9 Å². The number of rotatable bonds is 2. The van der Waals surface area contributed by atoms with Crippen LogP contribution in [-0.4, -0.2) is 26.1 Å². The predicted octanol–water partition coefficient (Wildman–Crippen LogP) is -0.151. The number of H-pyrrole nitrogens is 1. The molecule has 0 aromatic carbocycles. The molecule has 0 spiro atoms. The van der Waals surface area contributed by atoms with E-state index in [4.69, 9.17) is 0 Å². The van der Waals surface area contributed by atoms with E-state index in [9.17, 15) is 4.79 Å². The zero-order chi connectivity index (χ0) is 9.80. The molecule has 0 aliphatic rings. The first-order chi connectivity index (χ1) is 6.86. The van der Waals surface area contributed by atoms with E-state index in [-0.39, 0.29) is 5.69 Å². The van der Waals surface area contributed by atoms with E-state index in [1.165, 1.54) is 12.5 Å². The lowest BCUT2D eigenvalue weighted by atomic mass is 10.3. The maximum atomic E-state index is 11.0. The van der Waals surface area contributed by atoms with Gasteiger partial charge in [-0.3, -0.25) is 4.98 Å². The lowest BCUT2D eigenvalue weighted by Crippen LogP contribution is -2.11. The van der Waals surface area contributed by atoms with Crippen LogP contribution in [0.25, 0.3) is 0 Å². The van der Waals surface area contributed by atoms with Gasteiger partial charge in [0, 0.05) is 18.0 Å². The van der Waals surface area contributed by atoms with Crippen LogP contribution in [0.3, 0.4) is 0 Å². The van der Waals surface area contributed by atoms with E-state index in [1.807, 2.05) is 6.07 Å². The van der Waals surface area contributed by atoms with Crippen LogP contribution in [0, 0.1) is 0 Å². The summed E-state index contributed by atoms with van der Waals surface area (Å²) in [4.78, 5) is 14.9. The Morgan fingerprint density at radius 1 is 1.57 bits per heavy atom. The Morgan fingerprint density at radius 3 is 3.14 bits per heavy atom. The van der Waals surface area contributed by atoms with Gasteiger partial charge in [0.25, 0.3) is 0 Å². The number of hydrogen-bond acceptors (Lipinski definition) is 4. The Morgan fingerprint density at radius 2 is 2.50 bits per heavy atom. The zero-order valence-corrected chi connectivity index (χ0v) is 7.16. The fourth-order valence-corrected chi connectivity index (χ4v) is 0.906. The molecular formula is C8H7N5O. The molecule has 2 aromatic heterocycles. The quantitative estimate of drug-likeness (QED) is 0.667. The summed E-state index contributed by atoms with van der Waals surface area (Å²) in [7, 11) is 0. The summed E-state index contributed by atoms with van der Waals surface area (Å²) in [6.45, 7) is 0. The third-order valence-electron chi connectivity index (χ3n) is 1.55. The van der Waals surface area contributed by atoms with Gasteiger partial charge in [0.1, 0.15) is 6.33 Å². The molecule has 2 rings (SSSR count). The second-order valence-electron chi connectivity index (χ2n) is 2.54. The van der Waals surface area contributed by atoms with Gasteiger partial charge in [0.15, 0.2) is 0 Å². The first-order valence-corrected chi connectivity index (χ1v) is 3.93. The van der Waals surface area contributed by atoms with E-state index in [1.54, 1.807) is 18.5 Å². The molecule has 0 atom stereocenters. The normalized spacial score (nSPS) is 10.9. The van der Waals surface area contributed by atoms with Crippen molar-refractivity contribution in [1.82, 2.24) is 19.9 Å². The molecule has 14 heavy (non-hydrogen) atoms. The van der Waals surface area contributed by atoms with Gasteiger partial charge in [-0.1, -0.05) is 6.07 Å². The van der Waals surface area contributed by atoms with Crippen molar-refractivity contribution in [2.24, 2.45) is 5.10 Å². The molecular weight excluding hydrogens is 182 g/mol. The van der Waals surface area contributed by atoms with Crippen molar-refractivity contribution in [2.45, 2.75) is 0 Å². The van der Waals surface area contributed by atoms with E-state index >= 15 is 0 Å². The fourth-order valence-electron chi connectivity index (χ4n) is 0.906. The molecule has 1 N–H and O–H groups in total. The molecule has 0 fully saturated rings. The van der Waals surface area contributed by atoms with Crippen LogP contribution in [0.5, 0.6) is 0 Å². The molecule has 0 saturated heterocycles. The molecule has 70 valence electrons. The maximum absolute atomic E-state index is 11.0. The van der Waals surface area contributed by atoms with Gasteiger partial charge in [0.2, 0.25) is 0 Å². The van der Waals surface area contributed by atoms with Crippen LogP contribution in [-0.2, 0) is 0 Å². The molecule has 6 nitrogen and oxygen atoms in total. The zero-order valence-electron chi connectivity index (χ0n) is 7.16. The van der Waals surface area contributed by atoms with Gasteiger partial charge in [-0.25, -0.2) is 9.89 Å². The van der Waals surface area contributed by atoms with E-state index in [0.29, 0.717) is 0 Å². The second kappa shape index (κ2) is 3.65.